The molecule has 1 amide bonds. The van der Waals surface area contributed by atoms with Gasteiger partial charge in [0, 0.05) is 18.3 Å². The lowest BCUT2D eigenvalue weighted by molar-refractivity contribution is -0.115. The van der Waals surface area contributed by atoms with Crippen molar-refractivity contribution in [2.24, 2.45) is 0 Å². The Morgan fingerprint density at radius 1 is 1.43 bits per heavy atom. The standard InChI is InChI=1S/C15H14N4OS/c1-21-15-6-8-17-13(19-15)10-11-3-2-4-12(9-11)18-14(20)5-7-16/h2-4,6,8-9H,5,10H2,1H3,(H,18,20). The maximum atomic E-state index is 11.4. The maximum absolute atomic E-state index is 11.4. The molecule has 106 valence electrons. The second kappa shape index (κ2) is 7.41. The van der Waals surface area contributed by atoms with E-state index in [0.29, 0.717) is 12.1 Å². The number of nitriles is 1. The highest BCUT2D eigenvalue weighted by atomic mass is 32.2. The van der Waals surface area contributed by atoms with Crippen LogP contribution in [-0.2, 0) is 11.2 Å². The van der Waals surface area contributed by atoms with Crippen LogP contribution in [0.3, 0.4) is 0 Å². The first-order valence-electron chi connectivity index (χ1n) is 6.33. The minimum Gasteiger partial charge on any atom is -0.325 e. The largest absolute Gasteiger partial charge is 0.325 e. The fourth-order valence-electron chi connectivity index (χ4n) is 1.80. The number of nitrogens with one attached hydrogen (secondary N) is 1. The summed E-state index contributed by atoms with van der Waals surface area (Å²) in [5, 5.41) is 12.1. The summed E-state index contributed by atoms with van der Waals surface area (Å²) in [7, 11) is 0. The zero-order chi connectivity index (χ0) is 15.1. The second-order valence-electron chi connectivity index (χ2n) is 4.28. The summed E-state index contributed by atoms with van der Waals surface area (Å²) in [4.78, 5) is 20.1. The molecule has 1 aromatic carbocycles. The predicted molar refractivity (Wildman–Crippen MR) is 81.9 cm³/mol. The van der Waals surface area contributed by atoms with E-state index in [1.807, 2.05) is 36.6 Å². The average molecular weight is 298 g/mol. The predicted octanol–water partition coefficient (Wildman–Crippen LogP) is 2.64. The Hall–Kier alpha value is -2.39. The number of benzene rings is 1. The van der Waals surface area contributed by atoms with Gasteiger partial charge in [0.1, 0.15) is 12.2 Å². The molecule has 0 saturated carbocycles. The Labute approximate surface area is 127 Å². The molecule has 1 heterocycles. The van der Waals surface area contributed by atoms with E-state index in [2.05, 4.69) is 15.3 Å². The smallest absolute Gasteiger partial charge is 0.238 e. The molecule has 0 spiro atoms. The van der Waals surface area contributed by atoms with E-state index in [1.165, 1.54) is 0 Å². The highest BCUT2D eigenvalue weighted by molar-refractivity contribution is 7.98. The number of nitrogens with zero attached hydrogens (tertiary/aromatic N) is 3. The summed E-state index contributed by atoms with van der Waals surface area (Å²) < 4.78 is 0. The van der Waals surface area contributed by atoms with Gasteiger partial charge >= 0.3 is 0 Å². The molecule has 0 atom stereocenters. The monoisotopic (exact) mass is 298 g/mol. The van der Waals surface area contributed by atoms with E-state index in [-0.39, 0.29) is 12.3 Å². The first kappa shape index (κ1) is 15.0. The number of aromatic nitrogens is 2. The van der Waals surface area contributed by atoms with Gasteiger partial charge in [-0.05, 0) is 30.0 Å². The summed E-state index contributed by atoms with van der Waals surface area (Å²) in [6.45, 7) is 0. The van der Waals surface area contributed by atoms with E-state index in [1.54, 1.807) is 24.0 Å². The number of amides is 1. The Morgan fingerprint density at radius 3 is 3.05 bits per heavy atom. The lowest BCUT2D eigenvalue weighted by atomic mass is 10.1. The molecule has 2 aromatic rings. The fraction of sp³-hybridized carbons (Fsp3) is 0.200. The number of carbonyl (C=O) groups is 1. The molecule has 0 aliphatic rings. The van der Waals surface area contributed by atoms with Crippen LogP contribution in [0.5, 0.6) is 0 Å². The number of anilines is 1. The number of thioether (sulfide) groups is 1. The molecule has 0 bridgehead atoms. The van der Waals surface area contributed by atoms with Crippen molar-refractivity contribution in [1.29, 1.82) is 5.26 Å². The third-order valence-corrected chi connectivity index (χ3v) is 3.35. The van der Waals surface area contributed by atoms with Crippen molar-refractivity contribution in [3.63, 3.8) is 0 Å². The van der Waals surface area contributed by atoms with Gasteiger partial charge in [-0.25, -0.2) is 9.97 Å². The number of rotatable bonds is 5. The van der Waals surface area contributed by atoms with E-state index >= 15 is 0 Å². The van der Waals surface area contributed by atoms with Gasteiger partial charge in [0.2, 0.25) is 5.91 Å². The molecule has 0 aliphatic carbocycles. The Kier molecular flexibility index (Phi) is 5.29. The van der Waals surface area contributed by atoms with Gasteiger partial charge in [-0.15, -0.1) is 11.8 Å². The van der Waals surface area contributed by atoms with Crippen molar-refractivity contribution in [2.45, 2.75) is 17.9 Å². The zero-order valence-electron chi connectivity index (χ0n) is 11.5. The normalized spacial score (nSPS) is 9.90. The molecule has 2 rings (SSSR count). The van der Waals surface area contributed by atoms with Crippen LogP contribution in [0, 0.1) is 11.3 Å². The van der Waals surface area contributed by atoms with Crippen molar-refractivity contribution in [2.75, 3.05) is 11.6 Å². The molecule has 0 radical (unpaired) electrons. The van der Waals surface area contributed by atoms with Gasteiger partial charge in [0.25, 0.3) is 0 Å². The molecule has 6 heteroatoms. The quantitative estimate of drug-likeness (QED) is 0.678. The Bertz CT molecular complexity index is 681. The molecule has 0 unspecified atom stereocenters. The van der Waals surface area contributed by atoms with Crippen LogP contribution >= 0.6 is 11.8 Å². The third kappa shape index (κ3) is 4.58. The lowest BCUT2D eigenvalue weighted by Crippen LogP contribution is -2.10. The number of hydrogen-bond donors (Lipinski definition) is 1. The molecule has 1 N–H and O–H groups in total. The number of hydrogen-bond acceptors (Lipinski definition) is 5. The summed E-state index contributed by atoms with van der Waals surface area (Å²) in [6.07, 6.45) is 4.16. The molecular weight excluding hydrogens is 284 g/mol. The van der Waals surface area contributed by atoms with Crippen LogP contribution in [0.2, 0.25) is 0 Å². The zero-order valence-corrected chi connectivity index (χ0v) is 12.4. The van der Waals surface area contributed by atoms with Crippen LogP contribution in [0.4, 0.5) is 5.69 Å². The topological polar surface area (TPSA) is 78.7 Å². The van der Waals surface area contributed by atoms with Crippen molar-refractivity contribution in [3.05, 3.63) is 47.9 Å². The van der Waals surface area contributed by atoms with Crippen molar-refractivity contribution in [3.8, 4) is 6.07 Å². The van der Waals surface area contributed by atoms with Crippen molar-refractivity contribution in [1.82, 2.24) is 9.97 Å². The molecule has 1 aromatic heterocycles. The van der Waals surface area contributed by atoms with Crippen LogP contribution in [0.25, 0.3) is 0 Å². The molecule has 0 fully saturated rings. The van der Waals surface area contributed by atoms with Gasteiger partial charge in [0.15, 0.2) is 0 Å². The average Bonchev–Trinajstić information content (AvgIpc) is 2.48. The Balaban J connectivity index is 2.10. The van der Waals surface area contributed by atoms with E-state index < -0.39 is 0 Å². The van der Waals surface area contributed by atoms with Crippen LogP contribution in [0.15, 0.2) is 41.6 Å². The highest BCUT2D eigenvalue weighted by Gasteiger charge is 2.04. The van der Waals surface area contributed by atoms with Crippen molar-refractivity contribution >= 4 is 23.4 Å². The van der Waals surface area contributed by atoms with Crippen molar-refractivity contribution < 1.29 is 4.79 Å². The minimum atomic E-state index is -0.310. The summed E-state index contributed by atoms with van der Waals surface area (Å²) in [6, 6.07) is 11.2. The highest BCUT2D eigenvalue weighted by Crippen LogP contribution is 2.15. The minimum absolute atomic E-state index is 0.150. The summed E-state index contributed by atoms with van der Waals surface area (Å²) in [5.41, 5.74) is 1.68. The van der Waals surface area contributed by atoms with Gasteiger partial charge in [0.05, 0.1) is 11.1 Å². The van der Waals surface area contributed by atoms with Gasteiger partial charge < -0.3 is 5.32 Å². The fourth-order valence-corrected chi connectivity index (χ4v) is 2.19. The lowest BCUT2D eigenvalue weighted by Gasteiger charge is -2.06. The molecule has 0 aliphatic heterocycles. The molecule has 5 nitrogen and oxygen atoms in total. The second-order valence-corrected chi connectivity index (χ2v) is 5.10. The molecular formula is C15H14N4OS. The first-order chi connectivity index (χ1) is 10.2. The van der Waals surface area contributed by atoms with Gasteiger partial charge in [-0.3, -0.25) is 4.79 Å². The SMILES string of the molecule is CSc1ccnc(Cc2cccc(NC(=O)CC#N)c2)n1. The van der Waals surface area contributed by atoms with Gasteiger partial charge in [-0.1, -0.05) is 12.1 Å². The Morgan fingerprint density at radius 2 is 2.29 bits per heavy atom. The summed E-state index contributed by atoms with van der Waals surface area (Å²) in [5.74, 6) is 0.428. The van der Waals surface area contributed by atoms with E-state index in [4.69, 9.17) is 5.26 Å². The molecule has 0 saturated heterocycles. The van der Waals surface area contributed by atoms with Crippen LogP contribution < -0.4 is 5.32 Å². The maximum Gasteiger partial charge on any atom is 0.238 e. The third-order valence-electron chi connectivity index (χ3n) is 2.70. The van der Waals surface area contributed by atoms with Crippen LogP contribution in [-0.4, -0.2) is 22.1 Å². The van der Waals surface area contributed by atoms with E-state index in [9.17, 15) is 4.79 Å². The summed E-state index contributed by atoms with van der Waals surface area (Å²) >= 11 is 1.57. The van der Waals surface area contributed by atoms with Gasteiger partial charge in [-0.2, -0.15) is 5.26 Å². The number of carbonyl (C=O) groups excluding carboxylic acids is 1. The van der Waals surface area contributed by atoms with E-state index in [0.717, 1.165) is 16.4 Å². The first-order valence-corrected chi connectivity index (χ1v) is 7.55. The molecule has 21 heavy (non-hydrogen) atoms. The van der Waals surface area contributed by atoms with Crippen LogP contribution in [0.1, 0.15) is 17.8 Å².